The zero-order valence-electron chi connectivity index (χ0n) is 34.2. The van der Waals surface area contributed by atoms with E-state index in [-0.39, 0.29) is 23.6 Å². The Morgan fingerprint density at radius 3 is 1.29 bits per heavy atom. The lowest BCUT2D eigenvalue weighted by atomic mass is 10.0. The molecule has 0 aliphatic heterocycles. The van der Waals surface area contributed by atoms with Gasteiger partial charge in [0, 0.05) is 25.9 Å². The van der Waals surface area contributed by atoms with E-state index in [2.05, 4.69) is 36.6 Å². The fraction of sp³-hybridized carbons (Fsp3) is 0.814. The van der Waals surface area contributed by atoms with E-state index in [1.165, 1.54) is 0 Å². The molecular weight excluding hydrogens is 743 g/mol. The second-order valence-electron chi connectivity index (χ2n) is 14.5. The van der Waals surface area contributed by atoms with Gasteiger partial charge >= 0.3 is 11.9 Å². The van der Waals surface area contributed by atoms with E-state index < -0.39 is 36.4 Å². The summed E-state index contributed by atoms with van der Waals surface area (Å²) in [6, 6.07) is 0. The number of aliphatic hydroxyl groups excluding tert-OH is 2. The number of allylic oxidation sites excluding steroid dienone is 2. The van der Waals surface area contributed by atoms with Crippen molar-refractivity contribution in [2.24, 2.45) is 0 Å². The van der Waals surface area contributed by atoms with Gasteiger partial charge in [0.05, 0.1) is 12.2 Å². The molecule has 12 heteroatoms. The molecule has 0 bridgehead atoms. The quantitative estimate of drug-likeness (QED) is 0.0209. The molecule has 55 heavy (non-hydrogen) atoms. The van der Waals surface area contributed by atoms with Crippen LogP contribution in [0.15, 0.2) is 24.3 Å². The fourth-order valence-corrected chi connectivity index (χ4v) is 6.26. The van der Waals surface area contributed by atoms with Crippen molar-refractivity contribution in [2.45, 2.75) is 199 Å². The Labute approximate surface area is 343 Å². The zero-order valence-corrected chi connectivity index (χ0v) is 35.7. The summed E-state index contributed by atoms with van der Waals surface area (Å²) >= 11 is 11.1. The zero-order chi connectivity index (χ0) is 40.8. The van der Waals surface area contributed by atoms with Crippen molar-refractivity contribution in [1.82, 2.24) is 10.6 Å². The van der Waals surface area contributed by atoms with Crippen molar-refractivity contribution >= 4 is 47.0 Å². The average Bonchev–Trinajstić information content (AvgIpc) is 3.17. The van der Waals surface area contributed by atoms with Gasteiger partial charge in [0.15, 0.2) is 0 Å². The number of hydrogen-bond acceptors (Lipinski definition) is 8. The number of carbonyl (C=O) groups excluding carboxylic acids is 4. The van der Waals surface area contributed by atoms with Crippen molar-refractivity contribution in [3.05, 3.63) is 24.3 Å². The van der Waals surface area contributed by atoms with Gasteiger partial charge in [-0.2, -0.15) is 0 Å². The van der Waals surface area contributed by atoms with Gasteiger partial charge in [-0.25, -0.2) is 0 Å². The largest absolute Gasteiger partial charge is 0.459 e. The van der Waals surface area contributed by atoms with Crippen LogP contribution in [-0.4, -0.2) is 83.2 Å². The molecule has 0 heterocycles. The Morgan fingerprint density at radius 2 is 0.909 bits per heavy atom. The summed E-state index contributed by atoms with van der Waals surface area (Å²) in [6.07, 6.45) is 27.5. The van der Waals surface area contributed by atoms with Crippen LogP contribution in [0.1, 0.15) is 174 Å². The Kier molecular flexibility index (Phi) is 37.2. The van der Waals surface area contributed by atoms with Crippen LogP contribution in [0.25, 0.3) is 0 Å². The summed E-state index contributed by atoms with van der Waals surface area (Å²) in [5.74, 6) is -1.29. The molecule has 0 spiro atoms. The number of amides is 2. The maximum atomic E-state index is 12.1. The van der Waals surface area contributed by atoms with Gasteiger partial charge < -0.3 is 30.3 Å². The second kappa shape index (κ2) is 38.7. The summed E-state index contributed by atoms with van der Waals surface area (Å²) in [5.41, 5.74) is 0. The van der Waals surface area contributed by atoms with Crippen LogP contribution >= 0.6 is 23.2 Å². The molecule has 0 radical (unpaired) electrons. The Morgan fingerprint density at radius 1 is 0.527 bits per heavy atom. The number of aliphatic hydroxyl groups is 2. The first-order chi connectivity index (χ1) is 26.7. The van der Waals surface area contributed by atoms with E-state index in [1.807, 2.05) is 12.2 Å². The number of esters is 2. The molecule has 2 amide bonds. The lowest BCUT2D eigenvalue weighted by Gasteiger charge is -2.22. The van der Waals surface area contributed by atoms with Crippen LogP contribution in [0.5, 0.6) is 0 Å². The molecule has 0 saturated carbocycles. The number of unbranched alkanes of at least 4 members (excludes halogenated alkanes) is 14. The number of hydrogen-bond donors (Lipinski definition) is 4. The van der Waals surface area contributed by atoms with Crippen molar-refractivity contribution in [3.8, 4) is 0 Å². The lowest BCUT2D eigenvalue weighted by molar-refractivity contribution is -0.153. The van der Waals surface area contributed by atoms with E-state index in [0.29, 0.717) is 58.0 Å². The van der Waals surface area contributed by atoms with Gasteiger partial charge in [-0.3, -0.25) is 19.2 Å². The Hall–Kier alpha value is -2.14. The number of nitrogens with one attached hydrogen (secondary N) is 2. The molecular formula is C43H76Cl2N2O8. The monoisotopic (exact) mass is 818 g/mol. The average molecular weight is 820 g/mol. The third-order valence-corrected chi connectivity index (χ3v) is 9.90. The van der Waals surface area contributed by atoms with Gasteiger partial charge in [0.1, 0.15) is 24.0 Å². The molecule has 10 nitrogen and oxygen atoms in total. The number of carbonyl (C=O) groups is 4. The Bertz CT molecular complexity index is 951. The van der Waals surface area contributed by atoms with Gasteiger partial charge in [-0.15, -0.1) is 23.2 Å². The minimum Gasteiger partial charge on any atom is -0.459 e. The topological polar surface area (TPSA) is 151 Å². The number of halogens is 2. The van der Waals surface area contributed by atoms with Crippen LogP contribution < -0.4 is 10.6 Å². The van der Waals surface area contributed by atoms with Gasteiger partial charge in [-0.1, -0.05) is 102 Å². The SMILES string of the molecule is CCCCCC(OC(=O)CCl)C(O)CC=CCCCCCCCC(=O)NCCCNC(=O)CCCCCCCC=CCC(O)C(CCCCC)OC(=O)CCl. The third kappa shape index (κ3) is 33.7. The molecule has 0 aliphatic rings. The summed E-state index contributed by atoms with van der Waals surface area (Å²) in [4.78, 5) is 47.5. The summed E-state index contributed by atoms with van der Waals surface area (Å²) in [7, 11) is 0. The highest BCUT2D eigenvalue weighted by Gasteiger charge is 2.23. The van der Waals surface area contributed by atoms with E-state index in [1.54, 1.807) is 0 Å². The maximum absolute atomic E-state index is 12.1. The molecule has 320 valence electrons. The Balaban J connectivity index is 3.76. The highest BCUT2D eigenvalue weighted by molar-refractivity contribution is 6.26. The minimum absolute atomic E-state index is 0.0578. The van der Waals surface area contributed by atoms with Crippen molar-refractivity contribution in [2.75, 3.05) is 24.8 Å². The lowest BCUT2D eigenvalue weighted by Crippen LogP contribution is -2.31. The van der Waals surface area contributed by atoms with E-state index in [4.69, 9.17) is 32.7 Å². The molecule has 0 fully saturated rings. The first-order valence-electron chi connectivity index (χ1n) is 21.4. The maximum Gasteiger partial charge on any atom is 0.321 e. The predicted molar refractivity (Wildman–Crippen MR) is 224 cm³/mol. The van der Waals surface area contributed by atoms with E-state index in [0.717, 1.165) is 116 Å². The van der Waals surface area contributed by atoms with Crippen LogP contribution in [0.2, 0.25) is 0 Å². The second-order valence-corrected chi connectivity index (χ2v) is 15.1. The van der Waals surface area contributed by atoms with E-state index >= 15 is 0 Å². The summed E-state index contributed by atoms with van der Waals surface area (Å²) in [5, 5.41) is 26.9. The molecule has 0 saturated heterocycles. The summed E-state index contributed by atoms with van der Waals surface area (Å²) in [6.45, 7) is 5.33. The number of alkyl halides is 2. The van der Waals surface area contributed by atoms with Crippen LogP contribution in [0.3, 0.4) is 0 Å². The van der Waals surface area contributed by atoms with Crippen molar-refractivity contribution in [3.63, 3.8) is 0 Å². The molecule has 4 N–H and O–H groups in total. The van der Waals surface area contributed by atoms with Crippen molar-refractivity contribution in [1.29, 1.82) is 0 Å². The van der Waals surface area contributed by atoms with E-state index in [9.17, 15) is 29.4 Å². The normalized spacial score (nSPS) is 13.8. The first-order valence-corrected chi connectivity index (χ1v) is 22.5. The highest BCUT2D eigenvalue weighted by atomic mass is 35.5. The molecule has 0 rings (SSSR count). The highest BCUT2D eigenvalue weighted by Crippen LogP contribution is 2.17. The van der Waals surface area contributed by atoms with Crippen LogP contribution in [0, 0.1) is 0 Å². The van der Waals surface area contributed by atoms with Gasteiger partial charge in [0.2, 0.25) is 11.8 Å². The van der Waals surface area contributed by atoms with Crippen LogP contribution in [0.4, 0.5) is 0 Å². The third-order valence-electron chi connectivity index (χ3n) is 9.46. The van der Waals surface area contributed by atoms with Gasteiger partial charge in [0.25, 0.3) is 0 Å². The molecule has 0 aromatic heterocycles. The molecule has 0 aromatic rings. The summed E-state index contributed by atoms with van der Waals surface area (Å²) < 4.78 is 10.7. The molecule has 4 atom stereocenters. The predicted octanol–water partition coefficient (Wildman–Crippen LogP) is 9.15. The number of ether oxygens (including phenoxy) is 2. The standard InChI is InChI=1S/C43H76Cl2N2O8/c1-3-5-19-28-38(54-42(52)34-44)36(48)26-21-15-11-7-9-13-17-23-30-40(50)46-32-25-33-47-41(51)31-24-18-14-10-8-12-16-22-27-37(49)39(29-20-6-4-2)55-43(53)35-45/h15-16,21-22,36-39,48-49H,3-14,17-20,23-35H2,1-2H3,(H,46,50)(H,47,51). The van der Waals surface area contributed by atoms with Gasteiger partial charge in [-0.05, 0) is 83.5 Å². The van der Waals surface area contributed by atoms with Crippen molar-refractivity contribution < 1.29 is 38.9 Å². The minimum atomic E-state index is -0.726. The smallest absolute Gasteiger partial charge is 0.321 e. The first kappa shape index (κ1) is 52.9. The molecule has 4 unspecified atom stereocenters. The fourth-order valence-electron chi connectivity index (χ4n) is 6.14. The molecule has 0 aromatic carbocycles. The number of rotatable bonds is 38. The van der Waals surface area contributed by atoms with Crippen LogP contribution in [-0.2, 0) is 28.7 Å². The molecule has 0 aliphatic carbocycles.